The number of amides is 1. The van der Waals surface area contributed by atoms with Crippen LogP contribution in [0.15, 0.2) is 72.3 Å². The fourth-order valence-corrected chi connectivity index (χ4v) is 5.42. The van der Waals surface area contributed by atoms with Crippen molar-refractivity contribution in [2.75, 3.05) is 11.5 Å². The van der Waals surface area contributed by atoms with Gasteiger partial charge in [0, 0.05) is 5.56 Å². The third-order valence-corrected chi connectivity index (χ3v) is 7.36. The van der Waals surface area contributed by atoms with Gasteiger partial charge in [0.1, 0.15) is 11.5 Å². The van der Waals surface area contributed by atoms with E-state index in [1.807, 2.05) is 68.4 Å². The third-order valence-electron chi connectivity index (χ3n) is 6.34. The van der Waals surface area contributed by atoms with Crippen LogP contribution < -0.4 is 9.64 Å². The number of rotatable bonds is 6. The number of anilines is 1. The standard InChI is InChI=1S/C29H26N2O4S/c1-4-18-8-12-19(13-9-18)25-24(26(32)20-10-6-17(3)7-11-20)27(33)28(34)31(25)29-30-22-15-14-21(35-5-2)16-23(22)36-29/h6-16,25,32H,4-5H2,1-3H3. The molecule has 1 saturated heterocycles. The second-order valence-corrected chi connectivity index (χ2v) is 9.70. The maximum atomic E-state index is 13.4. The van der Waals surface area contributed by atoms with E-state index in [1.165, 1.54) is 16.2 Å². The van der Waals surface area contributed by atoms with E-state index >= 15 is 0 Å². The molecule has 182 valence electrons. The summed E-state index contributed by atoms with van der Waals surface area (Å²) in [6.07, 6.45) is 0.865. The Hall–Kier alpha value is -3.97. The summed E-state index contributed by atoms with van der Waals surface area (Å²) in [4.78, 5) is 32.9. The number of aryl methyl sites for hydroxylation is 2. The first kappa shape index (κ1) is 23.8. The van der Waals surface area contributed by atoms with Crippen molar-refractivity contribution in [3.63, 3.8) is 0 Å². The van der Waals surface area contributed by atoms with Crippen LogP contribution in [-0.4, -0.2) is 28.4 Å². The van der Waals surface area contributed by atoms with Gasteiger partial charge in [0.25, 0.3) is 5.78 Å². The van der Waals surface area contributed by atoms with Gasteiger partial charge in [-0.2, -0.15) is 0 Å². The van der Waals surface area contributed by atoms with Crippen molar-refractivity contribution < 1.29 is 19.4 Å². The van der Waals surface area contributed by atoms with E-state index in [1.54, 1.807) is 12.1 Å². The third kappa shape index (κ3) is 4.16. The Kier molecular flexibility index (Phi) is 6.33. The number of aromatic nitrogens is 1. The highest BCUT2D eigenvalue weighted by molar-refractivity contribution is 7.22. The van der Waals surface area contributed by atoms with Crippen molar-refractivity contribution in [2.45, 2.75) is 33.2 Å². The first-order chi connectivity index (χ1) is 17.4. The molecule has 0 bridgehead atoms. The summed E-state index contributed by atoms with van der Waals surface area (Å²) in [5.74, 6) is -0.919. The van der Waals surface area contributed by atoms with Crippen LogP contribution in [0, 0.1) is 6.92 Å². The minimum Gasteiger partial charge on any atom is -0.507 e. The van der Waals surface area contributed by atoms with Gasteiger partial charge in [-0.3, -0.25) is 14.5 Å². The summed E-state index contributed by atoms with van der Waals surface area (Å²) in [6.45, 7) is 6.47. The lowest BCUT2D eigenvalue weighted by molar-refractivity contribution is -0.132. The Morgan fingerprint density at radius 2 is 1.75 bits per heavy atom. The molecule has 0 saturated carbocycles. The minimum absolute atomic E-state index is 0.0577. The van der Waals surface area contributed by atoms with E-state index in [-0.39, 0.29) is 11.3 Å². The van der Waals surface area contributed by atoms with Crippen molar-refractivity contribution in [3.05, 3.63) is 94.6 Å². The summed E-state index contributed by atoms with van der Waals surface area (Å²) in [5, 5.41) is 11.7. The molecule has 4 aromatic rings. The average Bonchev–Trinajstić information content (AvgIpc) is 3.42. The molecule has 1 amide bonds. The van der Waals surface area contributed by atoms with E-state index in [4.69, 9.17) is 4.74 Å². The SMILES string of the molecule is CCOc1ccc2nc(N3C(=O)C(=O)C(=C(O)c4ccc(C)cc4)C3c3ccc(CC)cc3)sc2c1. The normalized spacial score (nSPS) is 17.2. The Morgan fingerprint density at radius 3 is 2.42 bits per heavy atom. The van der Waals surface area contributed by atoms with E-state index in [0.29, 0.717) is 28.6 Å². The molecule has 1 atom stereocenters. The predicted octanol–water partition coefficient (Wildman–Crippen LogP) is 6.19. The fourth-order valence-electron chi connectivity index (χ4n) is 4.40. The van der Waals surface area contributed by atoms with Crippen molar-refractivity contribution in [3.8, 4) is 5.75 Å². The van der Waals surface area contributed by atoms with Gasteiger partial charge in [-0.1, -0.05) is 72.4 Å². The number of hydrogen-bond acceptors (Lipinski definition) is 6. The molecule has 7 heteroatoms. The molecule has 1 unspecified atom stereocenters. The minimum atomic E-state index is -0.802. The molecule has 1 aliphatic rings. The Morgan fingerprint density at radius 1 is 1.03 bits per heavy atom. The molecule has 36 heavy (non-hydrogen) atoms. The number of hydrogen-bond donors (Lipinski definition) is 1. The highest BCUT2D eigenvalue weighted by Crippen LogP contribution is 2.44. The first-order valence-electron chi connectivity index (χ1n) is 11.9. The lowest BCUT2D eigenvalue weighted by Crippen LogP contribution is -2.29. The van der Waals surface area contributed by atoms with Crippen LogP contribution in [-0.2, 0) is 16.0 Å². The number of ketones is 1. The number of aliphatic hydroxyl groups excluding tert-OH is 1. The predicted molar refractivity (Wildman–Crippen MR) is 143 cm³/mol. The molecule has 1 aliphatic heterocycles. The molecular weight excluding hydrogens is 472 g/mol. The number of benzene rings is 3. The molecule has 0 aliphatic carbocycles. The molecule has 1 aromatic heterocycles. The quantitative estimate of drug-likeness (QED) is 0.195. The van der Waals surface area contributed by atoms with Gasteiger partial charge in [-0.05, 0) is 49.6 Å². The molecule has 1 fully saturated rings. The highest BCUT2D eigenvalue weighted by Gasteiger charge is 2.48. The number of Topliss-reactive ketones (excluding diaryl/α,β-unsaturated/α-hetero) is 1. The van der Waals surface area contributed by atoms with Gasteiger partial charge in [-0.15, -0.1) is 0 Å². The number of carbonyl (C=O) groups excluding carboxylic acids is 2. The number of thiazole rings is 1. The van der Waals surface area contributed by atoms with E-state index < -0.39 is 17.7 Å². The number of fused-ring (bicyclic) bond motifs is 1. The average molecular weight is 499 g/mol. The van der Waals surface area contributed by atoms with Gasteiger partial charge in [-0.25, -0.2) is 4.98 Å². The molecule has 2 heterocycles. The van der Waals surface area contributed by atoms with Crippen LogP contribution in [0.5, 0.6) is 5.75 Å². The van der Waals surface area contributed by atoms with Gasteiger partial charge in [0.15, 0.2) is 5.13 Å². The van der Waals surface area contributed by atoms with Crippen molar-refractivity contribution in [1.29, 1.82) is 0 Å². The first-order valence-corrected chi connectivity index (χ1v) is 12.7. The Balaban J connectivity index is 1.68. The van der Waals surface area contributed by atoms with Gasteiger partial charge in [0.05, 0.1) is 28.4 Å². The van der Waals surface area contributed by atoms with Crippen LogP contribution >= 0.6 is 11.3 Å². The second kappa shape index (κ2) is 9.59. The smallest absolute Gasteiger partial charge is 0.301 e. The summed E-state index contributed by atoms with van der Waals surface area (Å²) in [5.41, 5.74) is 4.15. The van der Waals surface area contributed by atoms with Crippen molar-refractivity contribution >= 4 is 44.1 Å². The number of nitrogens with zero attached hydrogens (tertiary/aromatic N) is 2. The molecule has 3 aromatic carbocycles. The molecule has 0 spiro atoms. The fraction of sp³-hybridized carbons (Fsp3) is 0.207. The van der Waals surface area contributed by atoms with E-state index in [0.717, 1.165) is 27.8 Å². The Bertz CT molecular complexity index is 1490. The zero-order valence-corrected chi connectivity index (χ0v) is 21.1. The maximum Gasteiger partial charge on any atom is 0.301 e. The van der Waals surface area contributed by atoms with Crippen molar-refractivity contribution in [2.24, 2.45) is 0 Å². The van der Waals surface area contributed by atoms with Crippen LogP contribution in [0.3, 0.4) is 0 Å². The zero-order chi connectivity index (χ0) is 25.4. The second-order valence-electron chi connectivity index (χ2n) is 8.69. The maximum absolute atomic E-state index is 13.4. The molecule has 1 N–H and O–H groups in total. The van der Waals surface area contributed by atoms with Crippen molar-refractivity contribution in [1.82, 2.24) is 4.98 Å². The van der Waals surface area contributed by atoms with Gasteiger partial charge >= 0.3 is 5.91 Å². The van der Waals surface area contributed by atoms with E-state index in [2.05, 4.69) is 11.9 Å². The number of aliphatic hydroxyl groups is 1. The van der Waals surface area contributed by atoms with Crippen LogP contribution in [0.4, 0.5) is 5.13 Å². The van der Waals surface area contributed by atoms with Crippen LogP contribution in [0.25, 0.3) is 16.0 Å². The monoisotopic (exact) mass is 498 g/mol. The largest absolute Gasteiger partial charge is 0.507 e. The van der Waals surface area contributed by atoms with E-state index in [9.17, 15) is 14.7 Å². The molecule has 5 rings (SSSR count). The molecule has 0 radical (unpaired) electrons. The van der Waals surface area contributed by atoms with Crippen LogP contribution in [0.1, 0.15) is 42.1 Å². The molecule has 6 nitrogen and oxygen atoms in total. The lowest BCUT2D eigenvalue weighted by Gasteiger charge is -2.23. The summed E-state index contributed by atoms with van der Waals surface area (Å²) in [7, 11) is 0. The zero-order valence-electron chi connectivity index (χ0n) is 20.3. The summed E-state index contributed by atoms with van der Waals surface area (Å²) in [6, 6.07) is 19.8. The summed E-state index contributed by atoms with van der Waals surface area (Å²) >= 11 is 1.32. The van der Waals surface area contributed by atoms with Gasteiger partial charge < -0.3 is 9.84 Å². The number of ether oxygens (including phenoxy) is 1. The lowest BCUT2D eigenvalue weighted by atomic mass is 9.94. The Labute approximate surface area is 213 Å². The highest BCUT2D eigenvalue weighted by atomic mass is 32.1. The number of carbonyl (C=O) groups is 2. The topological polar surface area (TPSA) is 79.7 Å². The summed E-state index contributed by atoms with van der Waals surface area (Å²) < 4.78 is 6.45. The molecular formula is C29H26N2O4S. The van der Waals surface area contributed by atoms with Gasteiger partial charge in [0.2, 0.25) is 0 Å². The van der Waals surface area contributed by atoms with Crippen LogP contribution in [0.2, 0.25) is 0 Å².